The van der Waals surface area contributed by atoms with Gasteiger partial charge in [0.25, 0.3) is 5.91 Å². The number of nitrogens with zero attached hydrogens (tertiary/aromatic N) is 2. The summed E-state index contributed by atoms with van der Waals surface area (Å²) in [6.45, 7) is 4.80. The lowest BCUT2D eigenvalue weighted by Crippen LogP contribution is -2.48. The highest BCUT2D eigenvalue weighted by Crippen LogP contribution is 2.26. The Balaban J connectivity index is 0.00000196. The van der Waals surface area contributed by atoms with Gasteiger partial charge in [0, 0.05) is 29.4 Å². The van der Waals surface area contributed by atoms with Gasteiger partial charge < -0.3 is 10.6 Å². The third kappa shape index (κ3) is 4.10. The van der Waals surface area contributed by atoms with Gasteiger partial charge in [0.05, 0.1) is 12.2 Å². The average Bonchev–Trinajstić information content (AvgIpc) is 3.09. The van der Waals surface area contributed by atoms with E-state index >= 15 is 0 Å². The second-order valence-corrected chi connectivity index (χ2v) is 7.56. The normalized spacial score (nSPS) is 24.2. The predicted molar refractivity (Wildman–Crippen MR) is 105 cm³/mol. The van der Waals surface area contributed by atoms with E-state index in [1.54, 1.807) is 0 Å². The quantitative estimate of drug-likeness (QED) is 0.864. The van der Waals surface area contributed by atoms with Crippen molar-refractivity contribution in [2.75, 3.05) is 0 Å². The van der Waals surface area contributed by atoms with Gasteiger partial charge in [-0.25, -0.2) is 0 Å². The molecule has 1 amide bonds. The third-order valence-electron chi connectivity index (χ3n) is 5.46. The Kier molecular flexibility index (Phi) is 5.68. The highest BCUT2D eigenvalue weighted by molar-refractivity contribution is 5.94. The number of hydrogen-bond donors (Lipinski definition) is 2. The zero-order valence-electron chi connectivity index (χ0n) is 15.4. The third-order valence-corrected chi connectivity index (χ3v) is 5.46. The molecule has 2 unspecified atom stereocenters. The van der Waals surface area contributed by atoms with Gasteiger partial charge >= 0.3 is 0 Å². The molecule has 2 aliphatic rings. The van der Waals surface area contributed by atoms with E-state index in [0.717, 1.165) is 41.9 Å². The molecule has 26 heavy (non-hydrogen) atoms. The summed E-state index contributed by atoms with van der Waals surface area (Å²) in [6, 6.07) is 11.5. The van der Waals surface area contributed by atoms with E-state index in [0.29, 0.717) is 18.1 Å². The summed E-state index contributed by atoms with van der Waals surface area (Å²) < 4.78 is 2.00. The summed E-state index contributed by atoms with van der Waals surface area (Å²) >= 11 is 0. The smallest absolute Gasteiger partial charge is 0.251 e. The van der Waals surface area contributed by atoms with E-state index in [2.05, 4.69) is 28.7 Å². The molecule has 0 spiro atoms. The van der Waals surface area contributed by atoms with Crippen LogP contribution in [-0.2, 0) is 6.54 Å². The molecule has 0 aliphatic carbocycles. The molecule has 5 nitrogen and oxygen atoms in total. The molecule has 1 aromatic carbocycles. The molecular formula is C20H27ClN4O. The van der Waals surface area contributed by atoms with Crippen molar-refractivity contribution in [3.8, 4) is 0 Å². The molecule has 4 rings (SSSR count). The Labute approximate surface area is 161 Å². The standard InChI is InChI=1S/C20H26N4O.ClH/c1-13-9-14(2)24(23-13)12-15-3-5-16(6-4-15)20(25)22-19-10-17-7-8-18(11-19)21-17;/h3-6,9,17-19,21H,7-8,10-12H2,1-2H3,(H,22,25);1H. The summed E-state index contributed by atoms with van der Waals surface area (Å²) in [5.41, 5.74) is 4.08. The molecule has 140 valence electrons. The molecule has 2 aromatic rings. The molecule has 2 saturated heterocycles. The molecule has 0 saturated carbocycles. The van der Waals surface area contributed by atoms with Gasteiger partial charge in [0.15, 0.2) is 0 Å². The Morgan fingerprint density at radius 2 is 1.85 bits per heavy atom. The minimum atomic E-state index is 0. The van der Waals surface area contributed by atoms with Gasteiger partial charge in [-0.15, -0.1) is 12.4 Å². The van der Waals surface area contributed by atoms with Gasteiger partial charge in [0.2, 0.25) is 0 Å². The Morgan fingerprint density at radius 1 is 1.19 bits per heavy atom. The van der Waals surface area contributed by atoms with Crippen LogP contribution in [0.5, 0.6) is 0 Å². The van der Waals surface area contributed by atoms with Crippen LogP contribution in [0.2, 0.25) is 0 Å². The van der Waals surface area contributed by atoms with Crippen molar-refractivity contribution < 1.29 is 4.79 Å². The maximum atomic E-state index is 12.5. The Morgan fingerprint density at radius 3 is 2.42 bits per heavy atom. The zero-order chi connectivity index (χ0) is 17.4. The number of aromatic nitrogens is 2. The molecule has 2 N–H and O–H groups in total. The van der Waals surface area contributed by atoms with Crippen LogP contribution in [0.25, 0.3) is 0 Å². The topological polar surface area (TPSA) is 59.0 Å². The van der Waals surface area contributed by atoms with Crippen LogP contribution in [-0.4, -0.2) is 33.8 Å². The first-order valence-corrected chi connectivity index (χ1v) is 9.24. The van der Waals surface area contributed by atoms with Gasteiger partial charge in [-0.05, 0) is 63.3 Å². The number of piperidine rings is 1. The first kappa shape index (κ1) is 18.9. The van der Waals surface area contributed by atoms with Crippen LogP contribution in [0.3, 0.4) is 0 Å². The zero-order valence-corrected chi connectivity index (χ0v) is 16.2. The van der Waals surface area contributed by atoms with Crippen molar-refractivity contribution in [2.45, 2.75) is 64.2 Å². The fraction of sp³-hybridized carbons (Fsp3) is 0.500. The number of hydrogen-bond acceptors (Lipinski definition) is 3. The van der Waals surface area contributed by atoms with Crippen molar-refractivity contribution in [3.05, 3.63) is 52.8 Å². The maximum absolute atomic E-state index is 12.5. The summed E-state index contributed by atoms with van der Waals surface area (Å²) in [5.74, 6) is 0.0453. The SMILES string of the molecule is Cc1cc(C)n(Cc2ccc(C(=O)NC3CC4CCC(C3)N4)cc2)n1.Cl. The summed E-state index contributed by atoms with van der Waals surface area (Å²) in [5, 5.41) is 11.3. The highest BCUT2D eigenvalue weighted by atomic mass is 35.5. The number of halogens is 1. The molecule has 2 bridgehead atoms. The molecule has 1 aromatic heterocycles. The van der Waals surface area contributed by atoms with Gasteiger partial charge in [-0.2, -0.15) is 5.10 Å². The molecule has 0 radical (unpaired) electrons. The van der Waals surface area contributed by atoms with Crippen LogP contribution < -0.4 is 10.6 Å². The van der Waals surface area contributed by atoms with E-state index in [4.69, 9.17) is 0 Å². The van der Waals surface area contributed by atoms with Gasteiger partial charge in [-0.3, -0.25) is 9.48 Å². The van der Waals surface area contributed by atoms with Crippen molar-refractivity contribution in [1.29, 1.82) is 0 Å². The largest absolute Gasteiger partial charge is 0.349 e. The lowest BCUT2D eigenvalue weighted by Gasteiger charge is -2.29. The lowest BCUT2D eigenvalue weighted by atomic mass is 9.99. The minimum Gasteiger partial charge on any atom is -0.349 e. The summed E-state index contributed by atoms with van der Waals surface area (Å²) in [4.78, 5) is 12.5. The maximum Gasteiger partial charge on any atom is 0.251 e. The van der Waals surface area contributed by atoms with E-state index < -0.39 is 0 Å². The monoisotopic (exact) mass is 374 g/mol. The number of carbonyl (C=O) groups is 1. The lowest BCUT2D eigenvalue weighted by molar-refractivity contribution is 0.0924. The van der Waals surface area contributed by atoms with E-state index in [9.17, 15) is 4.79 Å². The fourth-order valence-electron chi connectivity index (χ4n) is 4.21. The Hall–Kier alpha value is -1.85. The molecule has 2 atom stereocenters. The number of rotatable bonds is 4. The highest BCUT2D eigenvalue weighted by Gasteiger charge is 2.34. The van der Waals surface area contributed by atoms with Crippen molar-refractivity contribution in [3.63, 3.8) is 0 Å². The van der Waals surface area contributed by atoms with Crippen LogP contribution in [0.15, 0.2) is 30.3 Å². The van der Waals surface area contributed by atoms with Crippen LogP contribution in [0, 0.1) is 13.8 Å². The Bertz CT molecular complexity index is 759. The molecule has 2 fully saturated rings. The second kappa shape index (κ2) is 7.80. The van der Waals surface area contributed by atoms with E-state index in [1.807, 2.05) is 35.9 Å². The fourth-order valence-corrected chi connectivity index (χ4v) is 4.21. The van der Waals surface area contributed by atoms with E-state index in [1.165, 1.54) is 12.8 Å². The van der Waals surface area contributed by atoms with Crippen molar-refractivity contribution >= 4 is 18.3 Å². The predicted octanol–water partition coefficient (Wildman–Crippen LogP) is 2.98. The second-order valence-electron chi connectivity index (χ2n) is 7.56. The first-order valence-electron chi connectivity index (χ1n) is 9.24. The van der Waals surface area contributed by atoms with Crippen molar-refractivity contribution in [1.82, 2.24) is 20.4 Å². The molecule has 6 heteroatoms. The van der Waals surface area contributed by atoms with Gasteiger partial charge in [0.1, 0.15) is 0 Å². The number of amides is 1. The number of aryl methyl sites for hydroxylation is 2. The van der Waals surface area contributed by atoms with E-state index in [-0.39, 0.29) is 18.3 Å². The van der Waals surface area contributed by atoms with Gasteiger partial charge in [-0.1, -0.05) is 12.1 Å². The summed E-state index contributed by atoms with van der Waals surface area (Å²) in [6.07, 6.45) is 4.60. The minimum absolute atomic E-state index is 0. The van der Waals surface area contributed by atoms with Crippen LogP contribution in [0.1, 0.15) is 53.0 Å². The number of fused-ring (bicyclic) bond motifs is 2. The number of benzene rings is 1. The number of nitrogens with one attached hydrogen (secondary N) is 2. The van der Waals surface area contributed by atoms with Crippen LogP contribution in [0.4, 0.5) is 0 Å². The average molecular weight is 375 g/mol. The first-order chi connectivity index (χ1) is 12.1. The summed E-state index contributed by atoms with van der Waals surface area (Å²) in [7, 11) is 0. The molecular weight excluding hydrogens is 348 g/mol. The molecule has 2 aliphatic heterocycles. The molecule has 3 heterocycles. The van der Waals surface area contributed by atoms with Crippen molar-refractivity contribution in [2.24, 2.45) is 0 Å². The number of carbonyl (C=O) groups excluding carboxylic acids is 1. The van der Waals surface area contributed by atoms with Crippen LogP contribution >= 0.6 is 12.4 Å².